The molecule has 4 nitrogen and oxygen atoms in total. The van der Waals surface area contributed by atoms with Crippen LogP contribution in [0.2, 0.25) is 0 Å². The van der Waals surface area contributed by atoms with Crippen LogP contribution in [-0.4, -0.2) is 17.1 Å². The summed E-state index contributed by atoms with van der Waals surface area (Å²) in [5.41, 5.74) is 2.16. The van der Waals surface area contributed by atoms with Crippen LogP contribution in [0.15, 0.2) is 47.1 Å². The van der Waals surface area contributed by atoms with Crippen molar-refractivity contribution in [1.29, 1.82) is 0 Å². The molecule has 1 saturated heterocycles. The molecule has 0 saturated carbocycles. The Hall–Kier alpha value is -2.07. The fourth-order valence-corrected chi connectivity index (χ4v) is 2.98. The Kier molecular flexibility index (Phi) is 3.80. The summed E-state index contributed by atoms with van der Waals surface area (Å²) in [4.78, 5) is 11.2. The normalized spacial score (nSPS) is 25.7. The fraction of sp³-hybridized carbons (Fsp3) is 0.353. The maximum atomic E-state index is 11.2. The molecule has 1 aliphatic heterocycles. The molecule has 21 heavy (non-hydrogen) atoms. The summed E-state index contributed by atoms with van der Waals surface area (Å²) in [7, 11) is 0. The Bertz CT molecular complexity index is 603. The first-order valence-electron chi connectivity index (χ1n) is 7.28. The molecule has 1 fully saturated rings. The molecule has 0 radical (unpaired) electrons. The number of aliphatic carboxylic acids is 1. The van der Waals surface area contributed by atoms with Crippen LogP contribution in [0.4, 0.5) is 0 Å². The van der Waals surface area contributed by atoms with E-state index in [4.69, 9.17) is 4.42 Å². The Labute approximate surface area is 123 Å². The van der Waals surface area contributed by atoms with E-state index in [9.17, 15) is 9.90 Å². The van der Waals surface area contributed by atoms with E-state index in [-0.39, 0.29) is 6.04 Å². The van der Waals surface area contributed by atoms with Crippen LogP contribution in [-0.2, 0) is 4.79 Å². The summed E-state index contributed by atoms with van der Waals surface area (Å²) >= 11 is 0. The van der Waals surface area contributed by atoms with E-state index in [0.717, 1.165) is 23.3 Å². The molecule has 3 atom stereocenters. The van der Waals surface area contributed by atoms with Gasteiger partial charge in [-0.15, -0.1) is 0 Å². The standard InChI is InChI=1S/C17H19NO3/c1-11-4-9-14(17(19)20)18-16(11)13-7-5-12(6-8-13)15-3-2-10-21-15/h2-3,5-8,10-11,14,16,18H,4,9H2,1H3,(H,19,20)/t11-,14+,16-/m1/s1. The molecule has 110 valence electrons. The molecule has 0 amide bonds. The topological polar surface area (TPSA) is 62.5 Å². The van der Waals surface area contributed by atoms with E-state index in [2.05, 4.69) is 24.4 Å². The first-order valence-corrected chi connectivity index (χ1v) is 7.28. The van der Waals surface area contributed by atoms with Gasteiger partial charge >= 0.3 is 5.97 Å². The van der Waals surface area contributed by atoms with E-state index in [1.54, 1.807) is 6.26 Å². The summed E-state index contributed by atoms with van der Waals surface area (Å²) in [6, 6.07) is 11.6. The second-order valence-electron chi connectivity index (χ2n) is 5.69. The van der Waals surface area contributed by atoms with Crippen LogP contribution in [0, 0.1) is 5.92 Å². The zero-order chi connectivity index (χ0) is 14.8. The summed E-state index contributed by atoms with van der Waals surface area (Å²) in [6.07, 6.45) is 3.28. The lowest BCUT2D eigenvalue weighted by atomic mass is 9.84. The average molecular weight is 285 g/mol. The van der Waals surface area contributed by atoms with Crippen LogP contribution < -0.4 is 5.32 Å². The molecule has 1 aromatic heterocycles. The summed E-state index contributed by atoms with van der Waals surface area (Å²) in [5, 5.41) is 12.4. The van der Waals surface area contributed by atoms with E-state index in [1.807, 2.05) is 24.3 Å². The Morgan fingerprint density at radius 1 is 1.24 bits per heavy atom. The van der Waals surface area contributed by atoms with Gasteiger partial charge in [-0.1, -0.05) is 31.2 Å². The van der Waals surface area contributed by atoms with E-state index in [1.165, 1.54) is 0 Å². The molecular formula is C17H19NO3. The first kappa shape index (κ1) is 13.9. The summed E-state index contributed by atoms with van der Waals surface area (Å²) in [5.74, 6) is 0.504. The molecule has 2 aromatic rings. The highest BCUT2D eigenvalue weighted by molar-refractivity contribution is 5.73. The molecule has 0 spiro atoms. The minimum Gasteiger partial charge on any atom is -0.480 e. The highest BCUT2D eigenvalue weighted by Crippen LogP contribution is 2.32. The van der Waals surface area contributed by atoms with E-state index < -0.39 is 12.0 Å². The van der Waals surface area contributed by atoms with Crippen LogP contribution in [0.3, 0.4) is 0 Å². The number of nitrogens with one attached hydrogen (secondary N) is 1. The van der Waals surface area contributed by atoms with Crippen molar-refractivity contribution in [2.24, 2.45) is 5.92 Å². The minimum atomic E-state index is -0.765. The van der Waals surface area contributed by atoms with Crippen molar-refractivity contribution in [1.82, 2.24) is 5.32 Å². The van der Waals surface area contributed by atoms with Gasteiger partial charge in [-0.3, -0.25) is 10.1 Å². The van der Waals surface area contributed by atoms with Gasteiger partial charge in [0.15, 0.2) is 0 Å². The number of rotatable bonds is 3. The lowest BCUT2D eigenvalue weighted by Crippen LogP contribution is -2.45. The smallest absolute Gasteiger partial charge is 0.320 e. The third-order valence-corrected chi connectivity index (χ3v) is 4.23. The van der Waals surface area contributed by atoms with Gasteiger partial charge in [0.25, 0.3) is 0 Å². The maximum absolute atomic E-state index is 11.2. The molecule has 1 aliphatic rings. The largest absolute Gasteiger partial charge is 0.480 e. The molecule has 0 unspecified atom stereocenters. The lowest BCUT2D eigenvalue weighted by Gasteiger charge is -2.34. The van der Waals surface area contributed by atoms with Gasteiger partial charge in [0.2, 0.25) is 0 Å². The van der Waals surface area contributed by atoms with Crippen molar-refractivity contribution in [3.05, 3.63) is 48.2 Å². The third kappa shape index (κ3) is 2.85. The van der Waals surface area contributed by atoms with Crippen molar-refractivity contribution in [2.75, 3.05) is 0 Å². The molecule has 0 bridgehead atoms. The van der Waals surface area contributed by atoms with Crippen LogP contribution in [0.5, 0.6) is 0 Å². The Morgan fingerprint density at radius 3 is 2.62 bits per heavy atom. The van der Waals surface area contributed by atoms with Crippen molar-refractivity contribution < 1.29 is 14.3 Å². The van der Waals surface area contributed by atoms with Crippen LogP contribution >= 0.6 is 0 Å². The maximum Gasteiger partial charge on any atom is 0.320 e. The molecule has 4 heteroatoms. The number of piperidine rings is 1. The van der Waals surface area contributed by atoms with Crippen LogP contribution in [0.1, 0.15) is 31.4 Å². The van der Waals surface area contributed by atoms with E-state index >= 15 is 0 Å². The minimum absolute atomic E-state index is 0.0884. The van der Waals surface area contributed by atoms with Gasteiger partial charge in [-0.25, -0.2) is 0 Å². The van der Waals surface area contributed by atoms with Gasteiger partial charge < -0.3 is 9.52 Å². The first-order chi connectivity index (χ1) is 10.1. The number of carboxylic acids is 1. The van der Waals surface area contributed by atoms with Gasteiger partial charge in [0.05, 0.1) is 6.26 Å². The van der Waals surface area contributed by atoms with Gasteiger partial charge in [-0.2, -0.15) is 0 Å². The lowest BCUT2D eigenvalue weighted by molar-refractivity contribution is -0.140. The molecular weight excluding hydrogens is 266 g/mol. The molecule has 3 rings (SSSR count). The SMILES string of the molecule is C[C@@H]1CC[C@@H](C(=O)O)N[C@H]1c1ccc(-c2ccco2)cc1. The second kappa shape index (κ2) is 5.74. The number of carboxylic acid groups (broad SMARTS) is 1. The van der Waals surface area contributed by atoms with E-state index in [0.29, 0.717) is 12.3 Å². The summed E-state index contributed by atoms with van der Waals surface area (Å²) in [6.45, 7) is 2.16. The predicted octanol–water partition coefficient (Wildman–Crippen LogP) is 3.46. The number of carbonyl (C=O) groups is 1. The van der Waals surface area contributed by atoms with Crippen molar-refractivity contribution in [3.63, 3.8) is 0 Å². The summed E-state index contributed by atoms with van der Waals surface area (Å²) < 4.78 is 5.38. The van der Waals surface area contributed by atoms with Gasteiger partial charge in [0, 0.05) is 11.6 Å². The van der Waals surface area contributed by atoms with Gasteiger partial charge in [0.1, 0.15) is 11.8 Å². The van der Waals surface area contributed by atoms with Crippen molar-refractivity contribution >= 4 is 5.97 Å². The molecule has 2 heterocycles. The molecule has 1 aromatic carbocycles. The van der Waals surface area contributed by atoms with Crippen LogP contribution in [0.25, 0.3) is 11.3 Å². The quantitative estimate of drug-likeness (QED) is 0.906. The highest BCUT2D eigenvalue weighted by Gasteiger charge is 2.31. The number of furan rings is 1. The fourth-order valence-electron chi connectivity index (χ4n) is 2.98. The third-order valence-electron chi connectivity index (χ3n) is 4.23. The second-order valence-corrected chi connectivity index (χ2v) is 5.69. The van der Waals surface area contributed by atoms with Gasteiger partial charge in [-0.05, 0) is 36.5 Å². The van der Waals surface area contributed by atoms with Crippen molar-refractivity contribution in [3.8, 4) is 11.3 Å². The monoisotopic (exact) mass is 285 g/mol. The molecule has 0 aliphatic carbocycles. The number of hydrogen-bond donors (Lipinski definition) is 2. The molecule has 2 N–H and O–H groups in total. The number of hydrogen-bond acceptors (Lipinski definition) is 3. The van der Waals surface area contributed by atoms with Crippen molar-refractivity contribution in [2.45, 2.75) is 31.8 Å². The zero-order valence-corrected chi connectivity index (χ0v) is 12.0. The Balaban J connectivity index is 1.80. The number of benzene rings is 1. The average Bonchev–Trinajstić information content (AvgIpc) is 3.02. The predicted molar refractivity (Wildman–Crippen MR) is 79.8 cm³/mol. The Morgan fingerprint density at radius 2 is 2.00 bits per heavy atom. The highest BCUT2D eigenvalue weighted by atomic mass is 16.4. The zero-order valence-electron chi connectivity index (χ0n) is 12.0.